The molecule has 1 saturated heterocycles. The van der Waals surface area contributed by atoms with Crippen LogP contribution in [0, 0.1) is 0 Å². The molecule has 3 heterocycles. The maximum absolute atomic E-state index is 12.4. The maximum Gasteiger partial charge on any atom is 0.323 e. The van der Waals surface area contributed by atoms with Crippen molar-refractivity contribution >= 4 is 5.97 Å². The minimum atomic E-state index is -0.254. The van der Waals surface area contributed by atoms with E-state index >= 15 is 0 Å². The van der Waals surface area contributed by atoms with Crippen LogP contribution >= 0.6 is 0 Å². The molecule has 1 aromatic carbocycles. The number of carbonyl (C=O) groups excluding carboxylic acids is 1. The van der Waals surface area contributed by atoms with Crippen LogP contribution in [0.3, 0.4) is 0 Å². The molecule has 1 aromatic heterocycles. The van der Waals surface area contributed by atoms with Gasteiger partial charge in [0, 0.05) is 38.8 Å². The van der Waals surface area contributed by atoms with E-state index < -0.39 is 0 Å². The lowest BCUT2D eigenvalue weighted by Crippen LogP contribution is -2.52. The molecule has 0 aliphatic carbocycles. The van der Waals surface area contributed by atoms with E-state index in [1.165, 1.54) is 18.4 Å². The molecule has 2 aliphatic rings. The number of benzene rings is 1. The first-order chi connectivity index (χ1) is 12.8. The van der Waals surface area contributed by atoms with Crippen LogP contribution in [0.4, 0.5) is 0 Å². The summed E-state index contributed by atoms with van der Waals surface area (Å²) in [5, 5.41) is 0. The van der Waals surface area contributed by atoms with E-state index in [1.807, 2.05) is 12.4 Å². The normalized spacial score (nSPS) is 21.3. The number of aromatic nitrogens is 2. The summed E-state index contributed by atoms with van der Waals surface area (Å²) in [4.78, 5) is 19.3. The molecule has 0 radical (unpaired) electrons. The van der Waals surface area contributed by atoms with Crippen LogP contribution in [0.1, 0.15) is 29.8 Å². The fourth-order valence-electron chi connectivity index (χ4n) is 4.06. The number of fused-ring (bicyclic) bond motifs is 1. The van der Waals surface area contributed by atoms with Crippen LogP contribution in [0.5, 0.6) is 0 Å². The van der Waals surface area contributed by atoms with Crippen LogP contribution in [-0.4, -0.2) is 52.8 Å². The molecular weight excluding hydrogens is 330 g/mol. The third-order valence-corrected chi connectivity index (χ3v) is 5.48. The van der Waals surface area contributed by atoms with E-state index in [2.05, 4.69) is 38.7 Å². The molecule has 26 heavy (non-hydrogen) atoms. The van der Waals surface area contributed by atoms with Gasteiger partial charge in [0.25, 0.3) is 0 Å². The highest BCUT2D eigenvalue weighted by Gasteiger charge is 2.38. The van der Waals surface area contributed by atoms with Crippen molar-refractivity contribution in [3.05, 3.63) is 53.6 Å². The van der Waals surface area contributed by atoms with Gasteiger partial charge in [-0.15, -0.1) is 0 Å². The van der Waals surface area contributed by atoms with Crippen LogP contribution < -0.4 is 0 Å². The Morgan fingerprint density at radius 1 is 1.27 bits per heavy atom. The number of methoxy groups -OCH3 is 1. The van der Waals surface area contributed by atoms with Gasteiger partial charge in [-0.3, -0.25) is 9.69 Å². The third-order valence-electron chi connectivity index (χ3n) is 5.48. The monoisotopic (exact) mass is 355 g/mol. The quantitative estimate of drug-likeness (QED) is 0.786. The molecule has 0 spiro atoms. The van der Waals surface area contributed by atoms with Gasteiger partial charge in [-0.2, -0.15) is 0 Å². The van der Waals surface area contributed by atoms with Gasteiger partial charge < -0.3 is 14.0 Å². The fourth-order valence-corrected chi connectivity index (χ4v) is 4.06. The van der Waals surface area contributed by atoms with Crippen LogP contribution in [-0.2, 0) is 33.8 Å². The van der Waals surface area contributed by atoms with Gasteiger partial charge in [-0.05, 0) is 18.4 Å². The predicted molar refractivity (Wildman–Crippen MR) is 96.7 cm³/mol. The molecule has 0 bridgehead atoms. The van der Waals surface area contributed by atoms with E-state index in [4.69, 9.17) is 9.47 Å². The molecular formula is C20H25N3O3. The number of imidazole rings is 1. The molecule has 0 N–H and O–H groups in total. The first-order valence-electron chi connectivity index (χ1n) is 9.24. The van der Waals surface area contributed by atoms with Crippen molar-refractivity contribution in [3.8, 4) is 0 Å². The standard InChI is InChI=1S/C20H25N3O3/c1-25-20(24)18-11-17-19(13-23(18)16-7-9-26-10-8-16)22(14-21-17)12-15-5-3-2-4-6-15/h2-6,14,16,18H,7-13H2,1H3/t18-/m0/s1. The Hall–Kier alpha value is -2.18. The predicted octanol–water partition coefficient (Wildman–Crippen LogP) is 2.01. The molecule has 1 atom stereocenters. The Morgan fingerprint density at radius 2 is 2.04 bits per heavy atom. The van der Waals surface area contributed by atoms with Crippen LogP contribution in [0.25, 0.3) is 0 Å². The summed E-state index contributed by atoms with van der Waals surface area (Å²) < 4.78 is 12.8. The summed E-state index contributed by atoms with van der Waals surface area (Å²) in [6.45, 7) is 3.04. The molecule has 1 fully saturated rings. The lowest BCUT2D eigenvalue weighted by atomic mass is 9.96. The Morgan fingerprint density at radius 3 is 2.77 bits per heavy atom. The molecule has 0 amide bonds. The third kappa shape index (κ3) is 3.39. The summed E-state index contributed by atoms with van der Waals surface area (Å²) in [6, 6.07) is 10.5. The Balaban J connectivity index is 1.61. The average molecular weight is 355 g/mol. The number of ether oxygens (including phenoxy) is 2. The van der Waals surface area contributed by atoms with Crippen molar-refractivity contribution < 1.29 is 14.3 Å². The lowest BCUT2D eigenvalue weighted by molar-refractivity contribution is -0.150. The molecule has 138 valence electrons. The first kappa shape index (κ1) is 17.2. The number of hydrogen-bond acceptors (Lipinski definition) is 5. The van der Waals surface area contributed by atoms with E-state index in [0.717, 1.165) is 44.8 Å². The Kier molecular flexibility index (Phi) is 5.04. The largest absolute Gasteiger partial charge is 0.468 e. The summed E-state index contributed by atoms with van der Waals surface area (Å²) >= 11 is 0. The molecule has 4 rings (SSSR count). The molecule has 0 unspecified atom stereocenters. The molecule has 0 saturated carbocycles. The Bertz CT molecular complexity index is 753. The Labute approximate surface area is 153 Å². The van der Waals surface area contributed by atoms with Crippen molar-refractivity contribution in [2.24, 2.45) is 0 Å². The first-order valence-corrected chi connectivity index (χ1v) is 9.24. The van der Waals surface area contributed by atoms with E-state index in [9.17, 15) is 4.79 Å². The zero-order valence-corrected chi connectivity index (χ0v) is 15.1. The highest BCUT2D eigenvalue weighted by molar-refractivity contribution is 5.76. The number of esters is 1. The second-order valence-corrected chi connectivity index (χ2v) is 7.01. The van der Waals surface area contributed by atoms with Crippen molar-refractivity contribution in [2.45, 2.75) is 44.4 Å². The zero-order valence-electron chi connectivity index (χ0n) is 15.1. The number of hydrogen-bond donors (Lipinski definition) is 0. The van der Waals surface area contributed by atoms with Crippen molar-refractivity contribution in [1.82, 2.24) is 14.5 Å². The maximum atomic E-state index is 12.4. The van der Waals surface area contributed by atoms with Crippen LogP contribution in [0.2, 0.25) is 0 Å². The van der Waals surface area contributed by atoms with Gasteiger partial charge >= 0.3 is 5.97 Å². The van der Waals surface area contributed by atoms with E-state index in [0.29, 0.717) is 12.5 Å². The smallest absolute Gasteiger partial charge is 0.323 e. The minimum Gasteiger partial charge on any atom is -0.468 e. The van der Waals surface area contributed by atoms with Gasteiger partial charge in [-0.25, -0.2) is 4.98 Å². The van der Waals surface area contributed by atoms with Gasteiger partial charge in [0.1, 0.15) is 6.04 Å². The molecule has 2 aromatic rings. The van der Waals surface area contributed by atoms with Gasteiger partial charge in [0.15, 0.2) is 0 Å². The number of rotatable bonds is 4. The molecule has 6 nitrogen and oxygen atoms in total. The van der Waals surface area contributed by atoms with Crippen molar-refractivity contribution in [3.63, 3.8) is 0 Å². The number of carbonyl (C=O) groups is 1. The fraction of sp³-hybridized carbons (Fsp3) is 0.500. The zero-order chi connectivity index (χ0) is 17.9. The minimum absolute atomic E-state index is 0.167. The van der Waals surface area contributed by atoms with Crippen molar-refractivity contribution in [1.29, 1.82) is 0 Å². The molecule has 2 aliphatic heterocycles. The summed E-state index contributed by atoms with van der Waals surface area (Å²) in [5.41, 5.74) is 3.47. The SMILES string of the molecule is COC(=O)[C@@H]1Cc2ncn(Cc3ccccc3)c2CN1C1CCOCC1. The second-order valence-electron chi connectivity index (χ2n) is 7.01. The van der Waals surface area contributed by atoms with Crippen LogP contribution in [0.15, 0.2) is 36.7 Å². The highest BCUT2D eigenvalue weighted by Crippen LogP contribution is 2.29. The van der Waals surface area contributed by atoms with Gasteiger partial charge in [0.2, 0.25) is 0 Å². The average Bonchev–Trinajstić information content (AvgIpc) is 3.09. The van der Waals surface area contributed by atoms with Gasteiger partial charge in [0.05, 0.1) is 24.8 Å². The van der Waals surface area contributed by atoms with E-state index in [-0.39, 0.29) is 12.0 Å². The number of nitrogens with zero attached hydrogens (tertiary/aromatic N) is 3. The highest BCUT2D eigenvalue weighted by atomic mass is 16.5. The molecule has 6 heteroatoms. The van der Waals surface area contributed by atoms with E-state index in [1.54, 1.807) is 0 Å². The topological polar surface area (TPSA) is 56.6 Å². The lowest BCUT2D eigenvalue weighted by Gasteiger charge is -2.41. The summed E-state index contributed by atoms with van der Waals surface area (Å²) in [5.74, 6) is -0.167. The van der Waals surface area contributed by atoms with Gasteiger partial charge in [-0.1, -0.05) is 30.3 Å². The summed E-state index contributed by atoms with van der Waals surface area (Å²) in [7, 11) is 1.47. The summed E-state index contributed by atoms with van der Waals surface area (Å²) in [6.07, 6.45) is 4.42. The second kappa shape index (κ2) is 7.60. The van der Waals surface area contributed by atoms with Crippen molar-refractivity contribution in [2.75, 3.05) is 20.3 Å².